The largest absolute Gasteiger partial charge is 0.483 e. The lowest BCUT2D eigenvalue weighted by Gasteiger charge is -2.26. The van der Waals surface area contributed by atoms with Gasteiger partial charge in [-0.25, -0.2) is 9.37 Å². The van der Waals surface area contributed by atoms with Crippen LogP contribution in [0.1, 0.15) is 32.1 Å². The molecule has 3 rings (SSSR count). The highest BCUT2D eigenvalue weighted by Gasteiger charge is 2.17. The SMILES string of the molecule is COc1ccc(-c2[nH]nc(NC(=O)CCCN3CCCCC3)c2F)cn1.O=CO. The Kier molecular flexibility index (Phi) is 9.03. The van der Waals surface area contributed by atoms with E-state index in [1.165, 1.54) is 32.6 Å². The second kappa shape index (κ2) is 11.7. The van der Waals surface area contributed by atoms with E-state index in [0.717, 1.165) is 26.1 Å². The van der Waals surface area contributed by atoms with Crippen LogP contribution in [0.3, 0.4) is 0 Å². The van der Waals surface area contributed by atoms with E-state index in [-0.39, 0.29) is 23.9 Å². The molecule has 0 atom stereocenters. The van der Waals surface area contributed by atoms with Gasteiger partial charge in [-0.05, 0) is 45.0 Å². The molecule has 158 valence electrons. The number of hydrogen-bond donors (Lipinski definition) is 3. The molecule has 10 heteroatoms. The summed E-state index contributed by atoms with van der Waals surface area (Å²) < 4.78 is 19.5. The van der Waals surface area contributed by atoms with Crippen molar-refractivity contribution < 1.29 is 23.8 Å². The van der Waals surface area contributed by atoms with Crippen molar-refractivity contribution in [3.63, 3.8) is 0 Å². The van der Waals surface area contributed by atoms with Gasteiger partial charge >= 0.3 is 0 Å². The molecule has 9 nitrogen and oxygen atoms in total. The van der Waals surface area contributed by atoms with Gasteiger partial charge in [-0.2, -0.15) is 5.10 Å². The number of anilines is 1. The number of methoxy groups -OCH3 is 1. The zero-order valence-electron chi connectivity index (χ0n) is 16.4. The minimum atomic E-state index is -0.596. The van der Waals surface area contributed by atoms with Crippen molar-refractivity contribution in [3.05, 3.63) is 24.1 Å². The number of carbonyl (C=O) groups is 2. The molecule has 3 heterocycles. The topological polar surface area (TPSA) is 120 Å². The third kappa shape index (κ3) is 6.83. The lowest BCUT2D eigenvalue weighted by atomic mass is 10.1. The van der Waals surface area contributed by atoms with Gasteiger partial charge in [-0.1, -0.05) is 6.42 Å². The van der Waals surface area contributed by atoms with Crippen molar-refractivity contribution in [3.8, 4) is 17.1 Å². The summed E-state index contributed by atoms with van der Waals surface area (Å²) in [4.78, 5) is 26.8. The predicted octanol–water partition coefficient (Wildman–Crippen LogP) is 2.52. The van der Waals surface area contributed by atoms with Gasteiger partial charge in [-0.3, -0.25) is 14.7 Å². The molecule has 1 fully saturated rings. The Morgan fingerprint density at radius 3 is 2.72 bits per heavy atom. The van der Waals surface area contributed by atoms with Gasteiger partial charge in [0.25, 0.3) is 6.47 Å². The summed E-state index contributed by atoms with van der Waals surface area (Å²) in [7, 11) is 1.51. The Morgan fingerprint density at radius 1 is 1.38 bits per heavy atom. The molecule has 0 saturated carbocycles. The second-order valence-electron chi connectivity index (χ2n) is 6.51. The van der Waals surface area contributed by atoms with E-state index in [9.17, 15) is 9.18 Å². The van der Waals surface area contributed by atoms with Crippen LogP contribution in [0.5, 0.6) is 5.88 Å². The van der Waals surface area contributed by atoms with Gasteiger partial charge in [-0.15, -0.1) is 0 Å². The normalized spacial score (nSPS) is 13.9. The molecule has 1 aliphatic heterocycles. The molecule has 0 aliphatic carbocycles. The summed E-state index contributed by atoms with van der Waals surface area (Å²) in [5.41, 5.74) is 0.713. The maximum Gasteiger partial charge on any atom is 0.290 e. The van der Waals surface area contributed by atoms with Gasteiger partial charge in [0, 0.05) is 24.2 Å². The van der Waals surface area contributed by atoms with E-state index in [4.69, 9.17) is 14.6 Å². The molecule has 1 amide bonds. The van der Waals surface area contributed by atoms with Crippen LogP contribution in [0.25, 0.3) is 11.3 Å². The fraction of sp³-hybridized carbons (Fsp3) is 0.474. The Balaban J connectivity index is 0.000000941. The lowest BCUT2D eigenvalue weighted by Crippen LogP contribution is -2.31. The molecule has 1 saturated heterocycles. The van der Waals surface area contributed by atoms with Gasteiger partial charge in [0.1, 0.15) is 5.69 Å². The van der Waals surface area contributed by atoms with Crippen molar-refractivity contribution in [2.75, 3.05) is 32.1 Å². The number of amides is 1. The van der Waals surface area contributed by atoms with E-state index in [1.807, 2.05) is 0 Å². The number of pyridine rings is 1. The number of piperidine rings is 1. The minimum Gasteiger partial charge on any atom is -0.483 e. The minimum absolute atomic E-state index is 0.0845. The summed E-state index contributed by atoms with van der Waals surface area (Å²) in [5.74, 6) is -0.470. The number of aromatic nitrogens is 3. The number of rotatable bonds is 7. The predicted molar refractivity (Wildman–Crippen MR) is 105 cm³/mol. The lowest BCUT2D eigenvalue weighted by molar-refractivity contribution is -0.123. The molecule has 0 aromatic carbocycles. The first-order valence-corrected chi connectivity index (χ1v) is 9.43. The molecule has 0 spiro atoms. The van der Waals surface area contributed by atoms with Crippen LogP contribution in [0.15, 0.2) is 18.3 Å². The Morgan fingerprint density at radius 2 is 2.10 bits per heavy atom. The van der Waals surface area contributed by atoms with Crippen molar-refractivity contribution in [2.24, 2.45) is 0 Å². The number of likely N-dealkylation sites (tertiary alicyclic amines) is 1. The third-order valence-electron chi connectivity index (χ3n) is 4.53. The zero-order valence-corrected chi connectivity index (χ0v) is 16.4. The summed E-state index contributed by atoms with van der Waals surface area (Å²) >= 11 is 0. The quantitative estimate of drug-likeness (QED) is 0.603. The molecule has 0 radical (unpaired) electrons. The first-order chi connectivity index (χ1) is 14.1. The van der Waals surface area contributed by atoms with Gasteiger partial charge < -0.3 is 20.1 Å². The molecular formula is C19H26FN5O4. The van der Waals surface area contributed by atoms with Crippen molar-refractivity contribution >= 4 is 18.2 Å². The van der Waals surface area contributed by atoms with Crippen LogP contribution >= 0.6 is 0 Å². The van der Waals surface area contributed by atoms with Crippen LogP contribution < -0.4 is 10.1 Å². The van der Waals surface area contributed by atoms with E-state index in [2.05, 4.69) is 25.4 Å². The van der Waals surface area contributed by atoms with Crippen LogP contribution in [-0.4, -0.2) is 64.3 Å². The summed E-state index contributed by atoms with van der Waals surface area (Å²) in [6, 6.07) is 3.31. The third-order valence-corrected chi connectivity index (χ3v) is 4.53. The monoisotopic (exact) mass is 407 g/mol. The first kappa shape index (κ1) is 22.3. The summed E-state index contributed by atoms with van der Waals surface area (Å²) in [6.45, 7) is 2.86. The number of aromatic amines is 1. The zero-order chi connectivity index (χ0) is 21.1. The average Bonchev–Trinajstić information content (AvgIpc) is 3.09. The Hall–Kier alpha value is -3.01. The first-order valence-electron chi connectivity index (χ1n) is 9.43. The maximum atomic E-state index is 14.5. The average molecular weight is 407 g/mol. The molecule has 1 aliphatic rings. The summed E-state index contributed by atoms with van der Waals surface area (Å²) in [5, 5.41) is 15.9. The number of carboxylic acid groups (broad SMARTS) is 1. The van der Waals surface area contributed by atoms with Crippen molar-refractivity contribution in [1.82, 2.24) is 20.1 Å². The number of hydrogen-bond acceptors (Lipinski definition) is 6. The highest BCUT2D eigenvalue weighted by Crippen LogP contribution is 2.25. The van der Waals surface area contributed by atoms with Gasteiger partial charge in [0.05, 0.1) is 7.11 Å². The molecule has 2 aromatic heterocycles. The van der Waals surface area contributed by atoms with Crippen LogP contribution in [0.4, 0.5) is 10.2 Å². The number of nitrogens with zero attached hydrogens (tertiary/aromatic N) is 3. The van der Waals surface area contributed by atoms with Crippen LogP contribution in [0, 0.1) is 5.82 Å². The van der Waals surface area contributed by atoms with Gasteiger partial charge in [0.15, 0.2) is 11.6 Å². The maximum absolute atomic E-state index is 14.5. The van der Waals surface area contributed by atoms with Crippen molar-refractivity contribution in [2.45, 2.75) is 32.1 Å². The standard InChI is InChI=1S/C18H24FN5O2.CH2O2/c1-26-15-8-7-13(12-20-15)17-16(19)18(23-22-17)21-14(25)6-5-11-24-9-3-2-4-10-24;2-1-3/h7-8,12H,2-6,9-11H2,1H3,(H2,21,22,23,25);1H,(H,2,3). The van der Waals surface area contributed by atoms with E-state index >= 15 is 0 Å². The second-order valence-corrected chi connectivity index (χ2v) is 6.51. The number of carbonyl (C=O) groups excluding carboxylic acids is 1. The highest BCUT2D eigenvalue weighted by molar-refractivity contribution is 5.90. The van der Waals surface area contributed by atoms with Crippen LogP contribution in [0.2, 0.25) is 0 Å². The number of ether oxygens (including phenoxy) is 1. The van der Waals surface area contributed by atoms with E-state index in [0.29, 0.717) is 17.9 Å². The van der Waals surface area contributed by atoms with Crippen LogP contribution in [-0.2, 0) is 9.59 Å². The molecule has 0 unspecified atom stereocenters. The van der Waals surface area contributed by atoms with Gasteiger partial charge in [0.2, 0.25) is 11.8 Å². The number of halogens is 1. The Bertz CT molecular complexity index is 775. The number of nitrogens with one attached hydrogen (secondary N) is 2. The smallest absolute Gasteiger partial charge is 0.290 e. The number of H-pyrrole nitrogens is 1. The fourth-order valence-electron chi connectivity index (χ4n) is 3.09. The summed E-state index contributed by atoms with van der Waals surface area (Å²) in [6.07, 6.45) is 6.35. The fourth-order valence-corrected chi connectivity index (χ4v) is 3.09. The molecule has 29 heavy (non-hydrogen) atoms. The molecular weight excluding hydrogens is 381 g/mol. The molecule has 0 bridgehead atoms. The molecule has 2 aromatic rings. The van der Waals surface area contributed by atoms with E-state index < -0.39 is 5.82 Å². The highest BCUT2D eigenvalue weighted by atomic mass is 19.1. The molecule has 3 N–H and O–H groups in total. The van der Waals surface area contributed by atoms with Crippen molar-refractivity contribution in [1.29, 1.82) is 0 Å². The Labute approximate surface area is 168 Å². The van der Waals surface area contributed by atoms with E-state index in [1.54, 1.807) is 12.1 Å².